The Labute approximate surface area is 363 Å². The van der Waals surface area contributed by atoms with Gasteiger partial charge in [-0.1, -0.05) is 262 Å². The molecule has 58 heavy (non-hydrogen) atoms. The lowest BCUT2D eigenvalue weighted by Crippen LogP contribution is -2.45. The maximum Gasteiger partial charge on any atom is 0.220 e. The number of unbranched alkanes of at least 4 members (excludes halogenated alkanes) is 34. The first-order valence-electron chi connectivity index (χ1n) is 25.9. The Morgan fingerprint density at radius 3 is 1.14 bits per heavy atom. The number of nitrogens with one attached hydrogen (secondary N) is 1. The molecule has 2 atom stereocenters. The van der Waals surface area contributed by atoms with E-state index in [0.29, 0.717) is 6.42 Å². The smallest absolute Gasteiger partial charge is 0.220 e. The molecule has 2 unspecified atom stereocenters. The van der Waals surface area contributed by atoms with E-state index >= 15 is 0 Å². The van der Waals surface area contributed by atoms with Crippen molar-refractivity contribution in [2.75, 3.05) is 6.61 Å². The lowest BCUT2D eigenvalue weighted by molar-refractivity contribution is -0.123. The van der Waals surface area contributed by atoms with Gasteiger partial charge in [-0.05, 0) is 51.4 Å². The van der Waals surface area contributed by atoms with Crippen LogP contribution in [-0.4, -0.2) is 34.9 Å². The van der Waals surface area contributed by atoms with Gasteiger partial charge in [0.2, 0.25) is 5.91 Å². The van der Waals surface area contributed by atoms with Gasteiger partial charge in [0.05, 0.1) is 18.8 Å². The van der Waals surface area contributed by atoms with Crippen molar-refractivity contribution in [3.63, 3.8) is 0 Å². The molecule has 0 heterocycles. The van der Waals surface area contributed by atoms with E-state index in [0.717, 1.165) is 57.8 Å². The number of hydrogen-bond donors (Lipinski definition) is 3. The van der Waals surface area contributed by atoms with Gasteiger partial charge in [0, 0.05) is 6.42 Å². The molecule has 0 radical (unpaired) electrons. The summed E-state index contributed by atoms with van der Waals surface area (Å²) in [6, 6.07) is -0.633. The number of amides is 1. The summed E-state index contributed by atoms with van der Waals surface area (Å²) < 4.78 is 0. The molecule has 0 aliphatic rings. The van der Waals surface area contributed by atoms with Crippen LogP contribution in [0.5, 0.6) is 0 Å². The fourth-order valence-corrected chi connectivity index (χ4v) is 7.90. The zero-order valence-electron chi connectivity index (χ0n) is 39.1. The SMILES string of the molecule is CC/C=C\C/C=C\C/C=C\CCCCCCCC(=O)NC(CO)C(O)/C=C/CCCCCCCCCCCCCCCCCCCCCCCCCCCCCCC. The Morgan fingerprint density at radius 1 is 0.431 bits per heavy atom. The molecule has 0 fully saturated rings. The molecule has 0 spiro atoms. The van der Waals surface area contributed by atoms with Crippen LogP contribution in [0.2, 0.25) is 0 Å². The van der Waals surface area contributed by atoms with Crippen molar-refractivity contribution in [1.29, 1.82) is 0 Å². The largest absolute Gasteiger partial charge is 0.394 e. The molecular formula is C54H101NO3. The topological polar surface area (TPSA) is 69.6 Å². The highest BCUT2D eigenvalue weighted by Gasteiger charge is 2.18. The number of carbonyl (C=O) groups excluding carboxylic acids is 1. The van der Waals surface area contributed by atoms with Crippen LogP contribution in [0, 0.1) is 0 Å². The van der Waals surface area contributed by atoms with Gasteiger partial charge in [-0.15, -0.1) is 0 Å². The number of rotatable bonds is 47. The molecule has 4 heteroatoms. The first kappa shape index (κ1) is 56.4. The molecular weight excluding hydrogens is 711 g/mol. The molecule has 0 aromatic heterocycles. The molecule has 0 saturated heterocycles. The maximum atomic E-state index is 12.4. The van der Waals surface area contributed by atoms with E-state index in [1.807, 2.05) is 6.08 Å². The highest BCUT2D eigenvalue weighted by molar-refractivity contribution is 5.76. The van der Waals surface area contributed by atoms with Crippen LogP contribution in [0.1, 0.15) is 271 Å². The molecule has 0 aliphatic carbocycles. The van der Waals surface area contributed by atoms with Crippen LogP contribution in [0.4, 0.5) is 0 Å². The standard InChI is InChI=1S/C54H101NO3/c1-3-5-7-9-11-13-15-17-19-20-21-22-23-24-25-26-27-28-29-30-31-32-33-34-36-37-39-41-43-45-47-49-53(57)52(51-56)55-54(58)50-48-46-44-42-40-38-35-18-16-14-12-10-8-6-4-2/h6,8,12,14,18,35,47,49,52-53,56-57H,3-5,7,9-11,13,15-17,19-34,36-46,48,50-51H2,1-2H3,(H,55,58)/b8-6-,14-12-,35-18-,49-47+. The monoisotopic (exact) mass is 812 g/mol. The van der Waals surface area contributed by atoms with E-state index in [2.05, 4.69) is 55.6 Å². The molecule has 0 saturated carbocycles. The third kappa shape index (κ3) is 45.4. The predicted octanol–water partition coefficient (Wildman–Crippen LogP) is 16.7. The third-order valence-corrected chi connectivity index (χ3v) is 11.8. The molecule has 0 aromatic rings. The molecule has 0 rings (SSSR count). The van der Waals surface area contributed by atoms with E-state index in [1.54, 1.807) is 6.08 Å². The average molecular weight is 812 g/mol. The Balaban J connectivity index is 3.47. The van der Waals surface area contributed by atoms with Crippen molar-refractivity contribution in [2.24, 2.45) is 0 Å². The first-order valence-corrected chi connectivity index (χ1v) is 25.9. The molecule has 0 aromatic carbocycles. The Hall–Kier alpha value is -1.65. The first-order chi connectivity index (χ1) is 28.7. The summed E-state index contributed by atoms with van der Waals surface area (Å²) in [5, 5.41) is 23.1. The fraction of sp³-hybridized carbons (Fsp3) is 0.833. The second-order valence-electron chi connectivity index (χ2n) is 17.6. The fourth-order valence-electron chi connectivity index (χ4n) is 7.90. The Bertz CT molecular complexity index is 923. The highest BCUT2D eigenvalue weighted by atomic mass is 16.3. The summed E-state index contributed by atoms with van der Waals surface area (Å²) in [6.45, 7) is 4.20. The summed E-state index contributed by atoms with van der Waals surface area (Å²) in [6.07, 6.45) is 68.4. The normalized spacial score (nSPS) is 13.2. The maximum absolute atomic E-state index is 12.4. The van der Waals surface area contributed by atoms with Gasteiger partial charge < -0.3 is 15.5 Å². The van der Waals surface area contributed by atoms with E-state index in [4.69, 9.17) is 0 Å². The minimum atomic E-state index is -0.848. The number of carbonyl (C=O) groups is 1. The van der Waals surface area contributed by atoms with E-state index in [9.17, 15) is 15.0 Å². The van der Waals surface area contributed by atoms with Crippen LogP contribution in [0.3, 0.4) is 0 Å². The van der Waals surface area contributed by atoms with E-state index < -0.39 is 12.1 Å². The van der Waals surface area contributed by atoms with E-state index in [-0.39, 0.29) is 12.5 Å². The Morgan fingerprint density at radius 2 is 0.759 bits per heavy atom. The number of aliphatic hydroxyl groups excluding tert-OH is 2. The van der Waals surface area contributed by atoms with Gasteiger partial charge in [-0.25, -0.2) is 0 Å². The molecule has 340 valence electrons. The van der Waals surface area contributed by atoms with Crippen LogP contribution < -0.4 is 5.32 Å². The van der Waals surface area contributed by atoms with Crippen molar-refractivity contribution in [3.8, 4) is 0 Å². The van der Waals surface area contributed by atoms with Crippen molar-refractivity contribution in [3.05, 3.63) is 48.6 Å². The summed E-state index contributed by atoms with van der Waals surface area (Å²) in [7, 11) is 0. The van der Waals surface area contributed by atoms with Gasteiger partial charge in [-0.3, -0.25) is 4.79 Å². The quantitative estimate of drug-likeness (QED) is 0.0423. The van der Waals surface area contributed by atoms with Gasteiger partial charge in [0.15, 0.2) is 0 Å². The van der Waals surface area contributed by atoms with E-state index in [1.165, 1.54) is 193 Å². The summed E-state index contributed by atoms with van der Waals surface area (Å²) >= 11 is 0. The van der Waals surface area contributed by atoms with Crippen molar-refractivity contribution in [1.82, 2.24) is 5.32 Å². The lowest BCUT2D eigenvalue weighted by Gasteiger charge is -2.20. The van der Waals surface area contributed by atoms with Crippen molar-refractivity contribution in [2.45, 2.75) is 283 Å². The minimum Gasteiger partial charge on any atom is -0.394 e. The minimum absolute atomic E-state index is 0.0800. The van der Waals surface area contributed by atoms with Crippen LogP contribution >= 0.6 is 0 Å². The summed E-state index contributed by atoms with van der Waals surface area (Å²) in [5.41, 5.74) is 0. The lowest BCUT2D eigenvalue weighted by atomic mass is 10.0. The predicted molar refractivity (Wildman–Crippen MR) is 258 cm³/mol. The molecule has 4 nitrogen and oxygen atoms in total. The zero-order chi connectivity index (χ0) is 42.1. The van der Waals surface area contributed by atoms with Crippen LogP contribution in [0.15, 0.2) is 48.6 Å². The third-order valence-electron chi connectivity index (χ3n) is 11.8. The van der Waals surface area contributed by atoms with Gasteiger partial charge >= 0.3 is 0 Å². The average Bonchev–Trinajstić information content (AvgIpc) is 3.23. The summed E-state index contributed by atoms with van der Waals surface area (Å²) in [5.74, 6) is -0.0800. The molecule has 0 aliphatic heterocycles. The van der Waals surface area contributed by atoms with Crippen molar-refractivity contribution < 1.29 is 15.0 Å². The second-order valence-corrected chi connectivity index (χ2v) is 17.6. The zero-order valence-corrected chi connectivity index (χ0v) is 39.1. The number of aliphatic hydroxyl groups is 2. The number of hydrogen-bond acceptors (Lipinski definition) is 3. The van der Waals surface area contributed by atoms with Crippen LogP contribution in [0.25, 0.3) is 0 Å². The molecule has 1 amide bonds. The molecule has 3 N–H and O–H groups in total. The highest BCUT2D eigenvalue weighted by Crippen LogP contribution is 2.17. The van der Waals surface area contributed by atoms with Gasteiger partial charge in [0.25, 0.3) is 0 Å². The van der Waals surface area contributed by atoms with Crippen LogP contribution in [-0.2, 0) is 4.79 Å². The molecule has 0 bridgehead atoms. The summed E-state index contributed by atoms with van der Waals surface area (Å²) in [4.78, 5) is 12.4. The van der Waals surface area contributed by atoms with Crippen molar-refractivity contribution >= 4 is 5.91 Å². The van der Waals surface area contributed by atoms with Gasteiger partial charge in [0.1, 0.15) is 0 Å². The van der Waals surface area contributed by atoms with Gasteiger partial charge in [-0.2, -0.15) is 0 Å². The Kier molecular flexibility index (Phi) is 48.3. The number of allylic oxidation sites excluding steroid dienone is 7. The second kappa shape index (κ2) is 49.7.